The molecule has 0 spiro atoms. The number of hydrogen-bond acceptors (Lipinski definition) is 3. The van der Waals surface area contributed by atoms with Crippen molar-refractivity contribution in [3.8, 4) is 0 Å². The highest BCUT2D eigenvalue weighted by Gasteiger charge is 2.43. The summed E-state index contributed by atoms with van der Waals surface area (Å²) >= 11 is 0. The Morgan fingerprint density at radius 3 is 2.59 bits per heavy atom. The average molecular weight is 370 g/mol. The van der Waals surface area contributed by atoms with E-state index in [4.69, 9.17) is 0 Å². The van der Waals surface area contributed by atoms with Gasteiger partial charge >= 0.3 is 0 Å². The summed E-state index contributed by atoms with van der Waals surface area (Å²) in [6, 6.07) is 9.31. The summed E-state index contributed by atoms with van der Waals surface area (Å²) in [5.74, 6) is 1.08. The molecule has 5 heteroatoms. The Bertz CT molecular complexity index is 688. The van der Waals surface area contributed by atoms with Crippen molar-refractivity contribution in [2.75, 3.05) is 0 Å². The topological polar surface area (TPSA) is 75.3 Å². The maximum absolute atomic E-state index is 12.3. The van der Waals surface area contributed by atoms with Crippen molar-refractivity contribution in [3.05, 3.63) is 35.9 Å². The van der Waals surface area contributed by atoms with Gasteiger partial charge in [-0.3, -0.25) is 14.4 Å². The standard InChI is InChI=1S/C22H30N2O3/c1-3-17-14(2)18-10-9-16(13-19(18)24-22(17)27)23-21(26)12-11-20(25)15-7-5-4-6-8-15/h4-8,14,16-19H,3,9-13H2,1-2H3,(H,23,26)(H,24,27). The first kappa shape index (κ1) is 19.6. The van der Waals surface area contributed by atoms with Gasteiger partial charge < -0.3 is 10.6 Å². The molecule has 3 rings (SSSR count). The molecular weight excluding hydrogens is 340 g/mol. The van der Waals surface area contributed by atoms with Gasteiger partial charge in [-0.15, -0.1) is 0 Å². The van der Waals surface area contributed by atoms with Crippen molar-refractivity contribution in [2.45, 2.75) is 64.5 Å². The Labute approximate surface area is 161 Å². The quantitative estimate of drug-likeness (QED) is 0.756. The largest absolute Gasteiger partial charge is 0.353 e. The summed E-state index contributed by atoms with van der Waals surface area (Å²) in [4.78, 5) is 36.7. The number of amides is 2. The lowest BCUT2D eigenvalue weighted by Gasteiger charge is -2.46. The lowest BCUT2D eigenvalue weighted by Crippen LogP contribution is -2.58. The molecule has 0 aromatic heterocycles. The molecule has 146 valence electrons. The second-order valence-electron chi connectivity index (χ2n) is 8.02. The van der Waals surface area contributed by atoms with E-state index in [0.717, 1.165) is 25.7 Å². The van der Waals surface area contributed by atoms with Crippen LogP contribution in [-0.4, -0.2) is 29.7 Å². The summed E-state index contributed by atoms with van der Waals surface area (Å²) in [7, 11) is 0. The first-order chi connectivity index (χ1) is 13.0. The van der Waals surface area contributed by atoms with E-state index in [1.165, 1.54) is 0 Å². The number of rotatable bonds is 6. The Morgan fingerprint density at radius 1 is 1.15 bits per heavy atom. The molecule has 5 nitrogen and oxygen atoms in total. The number of carbonyl (C=O) groups excluding carboxylic acids is 3. The molecule has 1 aliphatic carbocycles. The van der Waals surface area contributed by atoms with Gasteiger partial charge in [0.2, 0.25) is 11.8 Å². The van der Waals surface area contributed by atoms with Crippen LogP contribution in [0.1, 0.15) is 62.7 Å². The third-order valence-electron chi connectivity index (χ3n) is 6.36. The van der Waals surface area contributed by atoms with Crippen LogP contribution in [0.3, 0.4) is 0 Å². The van der Waals surface area contributed by atoms with Gasteiger partial charge in [0.15, 0.2) is 5.78 Å². The first-order valence-corrected chi connectivity index (χ1v) is 10.2. The summed E-state index contributed by atoms with van der Waals surface area (Å²) in [6.45, 7) is 4.27. The minimum Gasteiger partial charge on any atom is -0.353 e. The fourth-order valence-electron chi connectivity index (χ4n) is 4.80. The zero-order chi connectivity index (χ0) is 19.4. The van der Waals surface area contributed by atoms with E-state index in [9.17, 15) is 14.4 Å². The number of ketones is 1. The molecule has 2 aliphatic rings. The molecular formula is C22H30N2O3. The normalized spacial score (nSPS) is 30.1. The maximum atomic E-state index is 12.3. The zero-order valence-corrected chi connectivity index (χ0v) is 16.2. The molecule has 1 aromatic rings. The molecule has 5 atom stereocenters. The Morgan fingerprint density at radius 2 is 1.89 bits per heavy atom. The predicted octanol–water partition coefficient (Wildman–Crippen LogP) is 3.10. The lowest BCUT2D eigenvalue weighted by atomic mass is 9.67. The minimum atomic E-state index is -0.0793. The van der Waals surface area contributed by atoms with Crippen LogP contribution in [0.15, 0.2) is 30.3 Å². The molecule has 1 heterocycles. The summed E-state index contributed by atoms with van der Waals surface area (Å²) in [5, 5.41) is 6.25. The number of carbonyl (C=O) groups is 3. The van der Waals surface area contributed by atoms with Crippen LogP contribution >= 0.6 is 0 Å². The monoisotopic (exact) mass is 370 g/mol. The van der Waals surface area contributed by atoms with Crippen molar-refractivity contribution < 1.29 is 14.4 Å². The molecule has 27 heavy (non-hydrogen) atoms. The Kier molecular flexibility index (Phi) is 6.30. The van der Waals surface area contributed by atoms with E-state index in [1.54, 1.807) is 12.1 Å². The average Bonchev–Trinajstić information content (AvgIpc) is 2.67. The van der Waals surface area contributed by atoms with Gasteiger partial charge in [-0.05, 0) is 37.5 Å². The van der Waals surface area contributed by atoms with Gasteiger partial charge in [-0.2, -0.15) is 0 Å². The zero-order valence-electron chi connectivity index (χ0n) is 16.2. The first-order valence-electron chi connectivity index (χ1n) is 10.2. The summed E-state index contributed by atoms with van der Waals surface area (Å²) in [5.41, 5.74) is 0.648. The van der Waals surface area contributed by atoms with Crippen LogP contribution in [0.25, 0.3) is 0 Å². The minimum absolute atomic E-state index is 0.00608. The third-order valence-corrected chi connectivity index (χ3v) is 6.36. The molecule has 0 radical (unpaired) electrons. The number of benzene rings is 1. The van der Waals surface area contributed by atoms with Gasteiger partial charge in [0.25, 0.3) is 0 Å². The van der Waals surface area contributed by atoms with Crippen LogP contribution in [0.4, 0.5) is 0 Å². The molecule has 2 fully saturated rings. The number of hydrogen-bond donors (Lipinski definition) is 2. The van der Waals surface area contributed by atoms with E-state index in [1.807, 2.05) is 18.2 Å². The molecule has 0 bridgehead atoms. The third kappa shape index (κ3) is 4.57. The molecule has 1 saturated heterocycles. The van der Waals surface area contributed by atoms with Crippen molar-refractivity contribution in [3.63, 3.8) is 0 Å². The van der Waals surface area contributed by atoms with Crippen LogP contribution in [0.2, 0.25) is 0 Å². The number of fused-ring (bicyclic) bond motifs is 1. The van der Waals surface area contributed by atoms with Crippen LogP contribution in [0, 0.1) is 17.8 Å². The Balaban J connectivity index is 1.47. The van der Waals surface area contributed by atoms with Gasteiger partial charge in [0.1, 0.15) is 0 Å². The molecule has 1 saturated carbocycles. The second kappa shape index (κ2) is 8.68. The van der Waals surface area contributed by atoms with Crippen LogP contribution < -0.4 is 10.6 Å². The van der Waals surface area contributed by atoms with Crippen molar-refractivity contribution in [1.82, 2.24) is 10.6 Å². The van der Waals surface area contributed by atoms with Gasteiger partial charge in [-0.25, -0.2) is 0 Å². The number of Topliss-reactive ketones (excluding diaryl/α,β-unsaturated/α-hetero) is 1. The van der Waals surface area contributed by atoms with Crippen molar-refractivity contribution in [2.24, 2.45) is 17.8 Å². The second-order valence-corrected chi connectivity index (χ2v) is 8.02. The van der Waals surface area contributed by atoms with Crippen LogP contribution in [-0.2, 0) is 9.59 Å². The van der Waals surface area contributed by atoms with Crippen molar-refractivity contribution in [1.29, 1.82) is 0 Å². The van der Waals surface area contributed by atoms with E-state index < -0.39 is 0 Å². The van der Waals surface area contributed by atoms with Gasteiger partial charge in [0, 0.05) is 36.4 Å². The van der Waals surface area contributed by atoms with Gasteiger partial charge in [-0.1, -0.05) is 44.2 Å². The van der Waals surface area contributed by atoms with Gasteiger partial charge in [0.05, 0.1) is 0 Å². The van der Waals surface area contributed by atoms with E-state index in [-0.39, 0.29) is 48.4 Å². The predicted molar refractivity (Wildman–Crippen MR) is 104 cm³/mol. The molecule has 1 aromatic carbocycles. The summed E-state index contributed by atoms with van der Waals surface area (Å²) in [6.07, 6.45) is 4.06. The fraction of sp³-hybridized carbons (Fsp3) is 0.591. The molecule has 1 aliphatic heterocycles. The van der Waals surface area contributed by atoms with Crippen molar-refractivity contribution >= 4 is 17.6 Å². The van der Waals surface area contributed by atoms with E-state index >= 15 is 0 Å². The fourth-order valence-corrected chi connectivity index (χ4v) is 4.80. The highest BCUT2D eigenvalue weighted by Crippen LogP contribution is 2.38. The van der Waals surface area contributed by atoms with E-state index in [0.29, 0.717) is 17.4 Å². The molecule has 2 N–H and O–H groups in total. The Hall–Kier alpha value is -2.17. The maximum Gasteiger partial charge on any atom is 0.223 e. The highest BCUT2D eigenvalue weighted by atomic mass is 16.2. The smallest absolute Gasteiger partial charge is 0.223 e. The summed E-state index contributed by atoms with van der Waals surface area (Å²) < 4.78 is 0. The van der Waals surface area contributed by atoms with E-state index in [2.05, 4.69) is 24.5 Å². The SMILES string of the molecule is CCC1C(=O)NC2CC(NC(=O)CCC(=O)c3ccccc3)CCC2C1C. The molecule has 5 unspecified atom stereocenters. The molecule has 2 amide bonds. The number of nitrogens with one attached hydrogen (secondary N) is 2. The van der Waals surface area contributed by atoms with Crippen LogP contribution in [0.5, 0.6) is 0 Å². The lowest BCUT2D eigenvalue weighted by molar-refractivity contribution is -0.133. The highest BCUT2D eigenvalue weighted by molar-refractivity contribution is 5.97. The number of piperidine rings is 1.